The van der Waals surface area contributed by atoms with Crippen LogP contribution >= 0.6 is 11.3 Å². The highest BCUT2D eigenvalue weighted by Crippen LogP contribution is 2.25. The molecule has 0 spiro atoms. The monoisotopic (exact) mass is 255 g/mol. The van der Waals surface area contributed by atoms with Gasteiger partial charge in [-0.3, -0.25) is 0 Å². The lowest BCUT2D eigenvalue weighted by molar-refractivity contribution is 0.0692. The number of thiazole rings is 1. The Morgan fingerprint density at radius 1 is 1.71 bits per heavy atom. The SMILES string of the molecule is CC1CN(C)CCC1Nc1scnc1C(=O)O. The molecule has 2 unspecified atom stereocenters. The Kier molecular flexibility index (Phi) is 3.63. The van der Waals surface area contributed by atoms with Gasteiger partial charge in [0.1, 0.15) is 5.00 Å². The molecule has 1 aromatic rings. The van der Waals surface area contributed by atoms with Crippen LogP contribution in [0.25, 0.3) is 0 Å². The maximum Gasteiger partial charge on any atom is 0.357 e. The predicted octanol–water partition coefficient (Wildman–Crippen LogP) is 1.59. The summed E-state index contributed by atoms with van der Waals surface area (Å²) < 4.78 is 0. The summed E-state index contributed by atoms with van der Waals surface area (Å²) in [6.07, 6.45) is 1.04. The lowest BCUT2D eigenvalue weighted by Crippen LogP contribution is -2.43. The first kappa shape index (κ1) is 12.3. The summed E-state index contributed by atoms with van der Waals surface area (Å²) in [6.45, 7) is 4.27. The summed E-state index contributed by atoms with van der Waals surface area (Å²) >= 11 is 1.36. The van der Waals surface area contributed by atoms with Crippen molar-refractivity contribution < 1.29 is 9.90 Å². The van der Waals surface area contributed by atoms with Crippen molar-refractivity contribution in [2.75, 3.05) is 25.5 Å². The van der Waals surface area contributed by atoms with Gasteiger partial charge in [-0.05, 0) is 25.9 Å². The molecule has 0 saturated carbocycles. The molecule has 5 nitrogen and oxygen atoms in total. The molecule has 2 heterocycles. The van der Waals surface area contributed by atoms with Crippen LogP contribution < -0.4 is 5.32 Å². The van der Waals surface area contributed by atoms with Gasteiger partial charge < -0.3 is 15.3 Å². The maximum absolute atomic E-state index is 11.0. The van der Waals surface area contributed by atoms with Crippen molar-refractivity contribution in [3.8, 4) is 0 Å². The van der Waals surface area contributed by atoms with Gasteiger partial charge in [-0.1, -0.05) is 6.92 Å². The number of hydrogen-bond donors (Lipinski definition) is 2. The van der Waals surface area contributed by atoms with Crippen molar-refractivity contribution in [3.05, 3.63) is 11.2 Å². The highest BCUT2D eigenvalue weighted by atomic mass is 32.1. The first-order valence-electron chi connectivity index (χ1n) is 5.69. The fourth-order valence-corrected chi connectivity index (χ4v) is 2.97. The first-order valence-corrected chi connectivity index (χ1v) is 6.57. The Hall–Kier alpha value is -1.14. The number of carboxylic acids is 1. The van der Waals surface area contributed by atoms with Gasteiger partial charge in [0, 0.05) is 12.6 Å². The van der Waals surface area contributed by atoms with Gasteiger partial charge in [-0.25, -0.2) is 9.78 Å². The summed E-state index contributed by atoms with van der Waals surface area (Å²) in [5, 5.41) is 13.0. The topological polar surface area (TPSA) is 65.5 Å². The zero-order chi connectivity index (χ0) is 12.4. The highest BCUT2D eigenvalue weighted by Gasteiger charge is 2.26. The number of anilines is 1. The van der Waals surface area contributed by atoms with Crippen LogP contribution in [0.1, 0.15) is 23.8 Å². The predicted molar refractivity (Wildman–Crippen MR) is 67.8 cm³/mol. The van der Waals surface area contributed by atoms with Crippen molar-refractivity contribution in [2.45, 2.75) is 19.4 Å². The normalized spacial score (nSPS) is 25.8. The van der Waals surface area contributed by atoms with E-state index in [0.717, 1.165) is 19.5 Å². The third kappa shape index (κ3) is 2.76. The summed E-state index contributed by atoms with van der Waals surface area (Å²) in [6, 6.07) is 0.338. The molecule has 1 aliphatic rings. The number of piperidine rings is 1. The number of rotatable bonds is 3. The number of aromatic carboxylic acids is 1. The Bertz CT molecular complexity index is 407. The fraction of sp³-hybridized carbons (Fsp3) is 0.636. The first-order chi connectivity index (χ1) is 8.08. The lowest BCUT2D eigenvalue weighted by atomic mass is 9.94. The number of aromatic nitrogens is 1. The number of carbonyl (C=O) groups is 1. The van der Waals surface area contributed by atoms with E-state index in [0.29, 0.717) is 17.0 Å². The van der Waals surface area contributed by atoms with E-state index in [1.54, 1.807) is 5.51 Å². The van der Waals surface area contributed by atoms with Crippen LogP contribution in [-0.4, -0.2) is 47.1 Å². The maximum atomic E-state index is 11.0. The van der Waals surface area contributed by atoms with E-state index >= 15 is 0 Å². The van der Waals surface area contributed by atoms with E-state index < -0.39 is 5.97 Å². The minimum Gasteiger partial charge on any atom is -0.476 e. The van der Waals surface area contributed by atoms with E-state index in [9.17, 15) is 4.79 Å². The van der Waals surface area contributed by atoms with Gasteiger partial charge in [-0.2, -0.15) is 0 Å². The molecule has 0 bridgehead atoms. The molecule has 17 heavy (non-hydrogen) atoms. The zero-order valence-corrected chi connectivity index (χ0v) is 10.8. The molecule has 0 radical (unpaired) electrons. The minimum absolute atomic E-state index is 0.140. The molecule has 1 saturated heterocycles. The third-order valence-electron chi connectivity index (χ3n) is 3.19. The van der Waals surface area contributed by atoms with E-state index in [1.807, 2.05) is 0 Å². The summed E-state index contributed by atoms with van der Waals surface area (Å²) in [5.41, 5.74) is 1.71. The Morgan fingerprint density at radius 3 is 3.12 bits per heavy atom. The van der Waals surface area contributed by atoms with E-state index in [2.05, 4.69) is 29.2 Å². The van der Waals surface area contributed by atoms with Crippen LogP contribution in [0.15, 0.2) is 5.51 Å². The molecule has 2 N–H and O–H groups in total. The van der Waals surface area contributed by atoms with Gasteiger partial charge in [0.15, 0.2) is 5.69 Å². The molecule has 0 amide bonds. The molecule has 1 fully saturated rings. The smallest absolute Gasteiger partial charge is 0.357 e. The van der Waals surface area contributed by atoms with Crippen LogP contribution in [0.2, 0.25) is 0 Å². The van der Waals surface area contributed by atoms with Gasteiger partial charge in [0.2, 0.25) is 0 Å². The second-order valence-electron chi connectivity index (χ2n) is 4.61. The molecule has 0 aliphatic carbocycles. The van der Waals surface area contributed by atoms with Crippen LogP contribution in [0.5, 0.6) is 0 Å². The summed E-state index contributed by atoms with van der Waals surface area (Å²) in [7, 11) is 2.11. The van der Waals surface area contributed by atoms with Crippen LogP contribution in [0.3, 0.4) is 0 Å². The van der Waals surface area contributed by atoms with Crippen LogP contribution in [0, 0.1) is 5.92 Å². The van der Waals surface area contributed by atoms with Crippen molar-refractivity contribution in [1.82, 2.24) is 9.88 Å². The van der Waals surface area contributed by atoms with E-state index in [-0.39, 0.29) is 5.69 Å². The summed E-state index contributed by atoms with van der Waals surface area (Å²) in [5.74, 6) is -0.452. The Balaban J connectivity index is 2.05. The molecule has 2 rings (SSSR count). The molecule has 1 aromatic heterocycles. The highest BCUT2D eigenvalue weighted by molar-refractivity contribution is 7.14. The van der Waals surface area contributed by atoms with Gasteiger partial charge in [0.05, 0.1) is 5.51 Å². The number of likely N-dealkylation sites (tertiary alicyclic amines) is 1. The molecular weight excluding hydrogens is 238 g/mol. The molecule has 94 valence electrons. The number of nitrogens with one attached hydrogen (secondary N) is 1. The van der Waals surface area contributed by atoms with Crippen LogP contribution in [-0.2, 0) is 0 Å². The molecule has 2 atom stereocenters. The van der Waals surface area contributed by atoms with E-state index in [1.165, 1.54) is 11.3 Å². The van der Waals surface area contributed by atoms with E-state index in [4.69, 9.17) is 5.11 Å². The van der Waals surface area contributed by atoms with Crippen molar-refractivity contribution in [2.24, 2.45) is 5.92 Å². The van der Waals surface area contributed by atoms with Gasteiger partial charge in [0.25, 0.3) is 0 Å². The number of carboxylic acid groups (broad SMARTS) is 1. The van der Waals surface area contributed by atoms with Crippen molar-refractivity contribution in [3.63, 3.8) is 0 Å². The third-order valence-corrected chi connectivity index (χ3v) is 3.95. The quantitative estimate of drug-likeness (QED) is 0.858. The average molecular weight is 255 g/mol. The zero-order valence-electron chi connectivity index (χ0n) is 10.0. The average Bonchev–Trinajstić information content (AvgIpc) is 2.70. The van der Waals surface area contributed by atoms with Gasteiger partial charge >= 0.3 is 5.97 Å². The fourth-order valence-electron chi connectivity index (χ4n) is 2.24. The molecular formula is C11H17N3O2S. The van der Waals surface area contributed by atoms with Gasteiger partial charge in [-0.15, -0.1) is 11.3 Å². The lowest BCUT2D eigenvalue weighted by Gasteiger charge is -2.35. The standard InChI is InChI=1S/C11H17N3O2S/c1-7-5-14(2)4-3-8(7)13-10-9(11(15)16)12-6-17-10/h6-8,13H,3-5H2,1-2H3,(H,15,16). The molecule has 6 heteroatoms. The Morgan fingerprint density at radius 2 is 2.47 bits per heavy atom. The second-order valence-corrected chi connectivity index (χ2v) is 5.47. The largest absolute Gasteiger partial charge is 0.476 e. The number of hydrogen-bond acceptors (Lipinski definition) is 5. The molecule has 1 aliphatic heterocycles. The summed E-state index contributed by atoms with van der Waals surface area (Å²) in [4.78, 5) is 17.1. The Labute approximate surface area is 104 Å². The van der Waals surface area contributed by atoms with Crippen molar-refractivity contribution in [1.29, 1.82) is 0 Å². The second kappa shape index (κ2) is 5.01. The van der Waals surface area contributed by atoms with Crippen molar-refractivity contribution >= 4 is 22.3 Å². The minimum atomic E-state index is -0.964. The number of nitrogens with zero attached hydrogens (tertiary/aromatic N) is 2. The van der Waals surface area contributed by atoms with Crippen LogP contribution in [0.4, 0.5) is 5.00 Å². The molecule has 0 aromatic carbocycles.